The number of hydrogen-bond acceptors (Lipinski definition) is 1. The average Bonchev–Trinajstić information content (AvgIpc) is 2.82. The van der Waals surface area contributed by atoms with Gasteiger partial charge in [-0.05, 0) is 42.9 Å². The van der Waals surface area contributed by atoms with Crippen molar-refractivity contribution in [2.45, 2.75) is 25.4 Å². The van der Waals surface area contributed by atoms with Crippen molar-refractivity contribution in [3.8, 4) is 0 Å². The third-order valence-electron chi connectivity index (χ3n) is 2.74. The Bertz CT molecular complexity index is 309. The Hall–Kier alpha value is -0.890. The Balaban J connectivity index is 2.12. The Morgan fingerprint density at radius 3 is 2.85 bits per heavy atom. The normalized spacial score (nSPS) is 28.5. The van der Waals surface area contributed by atoms with Gasteiger partial charge in [0.2, 0.25) is 0 Å². The van der Waals surface area contributed by atoms with Crippen LogP contribution in [0.3, 0.4) is 0 Å². The molecule has 1 aromatic carbocycles. The molecule has 0 radical (unpaired) electrons. The molecule has 1 aliphatic carbocycles. The molecule has 70 valence electrons. The van der Waals surface area contributed by atoms with Crippen molar-refractivity contribution in [1.29, 1.82) is 0 Å². The molecular weight excluding hydrogens is 167 g/mol. The highest BCUT2D eigenvalue weighted by Crippen LogP contribution is 2.49. The molecule has 2 heteroatoms. The summed E-state index contributed by atoms with van der Waals surface area (Å²) in [5.41, 5.74) is 1.02. The Kier molecular flexibility index (Phi) is 2.08. The summed E-state index contributed by atoms with van der Waals surface area (Å²) in [6.45, 7) is 1.80. The topological polar surface area (TPSA) is 20.2 Å². The second-order valence-corrected chi connectivity index (χ2v) is 3.80. The number of hydrogen-bond donors (Lipinski definition) is 1. The minimum absolute atomic E-state index is 0.186. The number of aliphatic hydroxyl groups is 1. The van der Waals surface area contributed by atoms with E-state index in [2.05, 4.69) is 0 Å². The van der Waals surface area contributed by atoms with Crippen LogP contribution in [-0.2, 0) is 0 Å². The van der Waals surface area contributed by atoms with Crippen LogP contribution in [0.15, 0.2) is 24.3 Å². The quantitative estimate of drug-likeness (QED) is 0.740. The van der Waals surface area contributed by atoms with Crippen molar-refractivity contribution in [2.75, 3.05) is 0 Å². The molecule has 0 spiro atoms. The molecular formula is C11H13FO. The van der Waals surface area contributed by atoms with E-state index in [-0.39, 0.29) is 11.9 Å². The minimum atomic E-state index is -0.270. The maximum Gasteiger partial charge on any atom is 0.123 e. The van der Waals surface area contributed by atoms with Crippen LogP contribution in [-0.4, -0.2) is 11.2 Å². The van der Waals surface area contributed by atoms with Crippen LogP contribution in [0.5, 0.6) is 0 Å². The standard InChI is InChI=1S/C11H13FO/c1-7(13)10-6-11(10)8-3-2-4-9(12)5-8/h2-5,7,10-11,13H,6H2,1H3/t7-,10+,11+/m0/s1. The fourth-order valence-corrected chi connectivity index (χ4v) is 1.87. The fourth-order valence-electron chi connectivity index (χ4n) is 1.87. The summed E-state index contributed by atoms with van der Waals surface area (Å²) >= 11 is 0. The zero-order valence-electron chi connectivity index (χ0n) is 7.57. The summed E-state index contributed by atoms with van der Waals surface area (Å²) in [7, 11) is 0. The molecule has 1 fully saturated rings. The number of benzene rings is 1. The highest BCUT2D eigenvalue weighted by Gasteiger charge is 2.41. The highest BCUT2D eigenvalue weighted by molar-refractivity contribution is 5.26. The van der Waals surface area contributed by atoms with E-state index in [0.717, 1.165) is 12.0 Å². The lowest BCUT2D eigenvalue weighted by Crippen LogP contribution is -2.03. The monoisotopic (exact) mass is 180 g/mol. The summed E-state index contributed by atoms with van der Waals surface area (Å²) in [5, 5.41) is 9.30. The highest BCUT2D eigenvalue weighted by atomic mass is 19.1. The predicted octanol–water partition coefficient (Wildman–Crippen LogP) is 2.31. The summed E-state index contributed by atoms with van der Waals surface area (Å²) < 4.78 is 12.8. The fraction of sp³-hybridized carbons (Fsp3) is 0.455. The third-order valence-corrected chi connectivity index (χ3v) is 2.74. The third kappa shape index (κ3) is 1.73. The molecule has 1 N–H and O–H groups in total. The Morgan fingerprint density at radius 1 is 1.54 bits per heavy atom. The van der Waals surface area contributed by atoms with Gasteiger partial charge in [-0.3, -0.25) is 0 Å². The van der Waals surface area contributed by atoms with Crippen LogP contribution in [0, 0.1) is 11.7 Å². The maximum absolute atomic E-state index is 12.8. The number of rotatable bonds is 2. The van der Waals surface area contributed by atoms with E-state index >= 15 is 0 Å². The first-order valence-corrected chi connectivity index (χ1v) is 4.62. The van der Waals surface area contributed by atoms with Crippen molar-refractivity contribution in [1.82, 2.24) is 0 Å². The number of aliphatic hydroxyl groups excluding tert-OH is 1. The zero-order valence-corrected chi connectivity index (χ0v) is 7.57. The maximum atomic E-state index is 12.8. The molecule has 0 heterocycles. The van der Waals surface area contributed by atoms with Gasteiger partial charge in [-0.25, -0.2) is 4.39 Å². The van der Waals surface area contributed by atoms with E-state index in [9.17, 15) is 9.50 Å². The minimum Gasteiger partial charge on any atom is -0.393 e. The zero-order chi connectivity index (χ0) is 9.42. The summed E-state index contributed by atoms with van der Waals surface area (Å²) in [5.74, 6) is 0.520. The second kappa shape index (κ2) is 3.11. The molecule has 0 amide bonds. The van der Waals surface area contributed by atoms with Gasteiger partial charge < -0.3 is 5.11 Å². The van der Waals surface area contributed by atoms with Gasteiger partial charge in [0, 0.05) is 0 Å². The molecule has 1 aromatic rings. The van der Waals surface area contributed by atoms with Crippen molar-refractivity contribution >= 4 is 0 Å². The van der Waals surface area contributed by atoms with Crippen molar-refractivity contribution in [2.24, 2.45) is 5.92 Å². The van der Waals surface area contributed by atoms with E-state index in [1.165, 1.54) is 6.07 Å². The first-order valence-electron chi connectivity index (χ1n) is 4.62. The lowest BCUT2D eigenvalue weighted by molar-refractivity contribution is 0.169. The molecule has 13 heavy (non-hydrogen) atoms. The first kappa shape index (κ1) is 8.70. The van der Waals surface area contributed by atoms with Crippen LogP contribution in [0.25, 0.3) is 0 Å². The first-order chi connectivity index (χ1) is 6.18. The molecule has 0 aromatic heterocycles. The van der Waals surface area contributed by atoms with Crippen LogP contribution >= 0.6 is 0 Å². The lowest BCUT2D eigenvalue weighted by Gasteiger charge is -2.02. The smallest absolute Gasteiger partial charge is 0.123 e. The largest absolute Gasteiger partial charge is 0.393 e. The van der Waals surface area contributed by atoms with Gasteiger partial charge >= 0.3 is 0 Å². The van der Waals surface area contributed by atoms with Gasteiger partial charge in [-0.2, -0.15) is 0 Å². The van der Waals surface area contributed by atoms with Gasteiger partial charge in [0.25, 0.3) is 0 Å². The van der Waals surface area contributed by atoms with Gasteiger partial charge in [-0.1, -0.05) is 12.1 Å². The Labute approximate surface area is 77.2 Å². The van der Waals surface area contributed by atoms with Gasteiger partial charge in [0.1, 0.15) is 5.82 Å². The van der Waals surface area contributed by atoms with E-state index in [0.29, 0.717) is 11.8 Å². The van der Waals surface area contributed by atoms with Crippen LogP contribution in [0.2, 0.25) is 0 Å². The van der Waals surface area contributed by atoms with Crippen LogP contribution in [0.4, 0.5) is 4.39 Å². The van der Waals surface area contributed by atoms with Crippen molar-refractivity contribution in [3.05, 3.63) is 35.6 Å². The summed E-state index contributed by atoms with van der Waals surface area (Å²) in [4.78, 5) is 0. The van der Waals surface area contributed by atoms with Crippen LogP contribution in [0.1, 0.15) is 24.8 Å². The summed E-state index contributed by atoms with van der Waals surface area (Å²) in [6, 6.07) is 6.66. The molecule has 0 bridgehead atoms. The number of halogens is 1. The lowest BCUT2D eigenvalue weighted by atomic mass is 10.1. The van der Waals surface area contributed by atoms with Crippen LogP contribution < -0.4 is 0 Å². The van der Waals surface area contributed by atoms with E-state index in [1.807, 2.05) is 6.07 Å². The average molecular weight is 180 g/mol. The molecule has 1 nitrogen and oxygen atoms in total. The Morgan fingerprint density at radius 2 is 2.31 bits per heavy atom. The van der Waals surface area contributed by atoms with Crippen molar-refractivity contribution < 1.29 is 9.50 Å². The van der Waals surface area contributed by atoms with Gasteiger partial charge in [0.05, 0.1) is 6.10 Å². The van der Waals surface area contributed by atoms with Crippen molar-refractivity contribution in [3.63, 3.8) is 0 Å². The molecule has 0 aliphatic heterocycles. The van der Waals surface area contributed by atoms with Gasteiger partial charge in [-0.15, -0.1) is 0 Å². The second-order valence-electron chi connectivity index (χ2n) is 3.80. The molecule has 2 rings (SSSR count). The van der Waals surface area contributed by atoms with E-state index in [4.69, 9.17) is 0 Å². The molecule has 3 atom stereocenters. The molecule has 1 saturated carbocycles. The molecule has 0 unspecified atom stereocenters. The predicted molar refractivity (Wildman–Crippen MR) is 48.9 cm³/mol. The van der Waals surface area contributed by atoms with E-state index in [1.54, 1.807) is 19.1 Å². The van der Waals surface area contributed by atoms with Gasteiger partial charge in [0.15, 0.2) is 0 Å². The molecule has 0 saturated heterocycles. The molecule has 1 aliphatic rings. The SMILES string of the molecule is C[C@H](O)[C@H]1C[C@@H]1c1cccc(F)c1. The summed E-state index contributed by atoms with van der Waals surface area (Å²) in [6.07, 6.45) is 0.717. The van der Waals surface area contributed by atoms with E-state index < -0.39 is 0 Å².